The van der Waals surface area contributed by atoms with Crippen molar-refractivity contribution >= 4 is 23.2 Å². The van der Waals surface area contributed by atoms with E-state index in [2.05, 4.69) is 49.9 Å². The van der Waals surface area contributed by atoms with E-state index in [4.69, 9.17) is 23.2 Å². The van der Waals surface area contributed by atoms with E-state index in [0.29, 0.717) is 5.92 Å². The second-order valence-electron chi connectivity index (χ2n) is 10.4. The van der Waals surface area contributed by atoms with E-state index in [0.717, 1.165) is 48.9 Å². The molecular formula is C25H29Cl2NO. The Labute approximate surface area is 183 Å². The van der Waals surface area contributed by atoms with Crippen LogP contribution in [0.1, 0.15) is 68.2 Å². The summed E-state index contributed by atoms with van der Waals surface area (Å²) in [7, 11) is 0. The Bertz CT molecular complexity index is 916. The van der Waals surface area contributed by atoms with Crippen LogP contribution in [0.3, 0.4) is 0 Å². The number of nitrogens with zero attached hydrogens (tertiary/aromatic N) is 1. The summed E-state index contributed by atoms with van der Waals surface area (Å²) in [6.45, 7) is 9.26. The van der Waals surface area contributed by atoms with Gasteiger partial charge >= 0.3 is 0 Å². The minimum atomic E-state index is -0.586. The molecule has 29 heavy (non-hydrogen) atoms. The average Bonchev–Trinajstić information content (AvgIpc) is 3.14. The van der Waals surface area contributed by atoms with Gasteiger partial charge in [0.15, 0.2) is 0 Å². The normalized spacial score (nSPS) is 27.7. The highest BCUT2D eigenvalue weighted by atomic mass is 35.5. The summed E-state index contributed by atoms with van der Waals surface area (Å²) in [6.07, 6.45) is 2.74. The first kappa shape index (κ1) is 19.9. The number of likely N-dealkylation sites (tertiary alicyclic amines) is 1. The van der Waals surface area contributed by atoms with Gasteiger partial charge < -0.3 is 10.0 Å². The third-order valence-electron chi connectivity index (χ3n) is 7.94. The molecule has 4 heteroatoms. The van der Waals surface area contributed by atoms with Gasteiger partial charge in [0.05, 0.1) is 5.60 Å². The molecule has 5 rings (SSSR count). The minimum absolute atomic E-state index is 0.0533. The molecule has 0 unspecified atom stereocenters. The summed E-state index contributed by atoms with van der Waals surface area (Å²) in [5.41, 5.74) is 4.87. The number of hydrogen-bond donors (Lipinski definition) is 1. The Balaban J connectivity index is 1.51. The van der Waals surface area contributed by atoms with Gasteiger partial charge in [0.2, 0.25) is 0 Å². The van der Waals surface area contributed by atoms with Gasteiger partial charge in [-0.25, -0.2) is 0 Å². The molecule has 1 N–H and O–H groups in total. The number of aliphatic hydroxyl groups is 1. The van der Waals surface area contributed by atoms with Crippen LogP contribution in [0.25, 0.3) is 0 Å². The summed E-state index contributed by atoms with van der Waals surface area (Å²) >= 11 is 12.9. The highest BCUT2D eigenvalue weighted by molar-refractivity contribution is 6.31. The van der Waals surface area contributed by atoms with Gasteiger partial charge in [-0.3, -0.25) is 0 Å². The van der Waals surface area contributed by atoms with Gasteiger partial charge in [-0.05, 0) is 71.2 Å². The number of halogens is 2. The van der Waals surface area contributed by atoms with Crippen molar-refractivity contribution in [1.29, 1.82) is 0 Å². The van der Waals surface area contributed by atoms with E-state index >= 15 is 0 Å². The fraction of sp³-hybridized carbons (Fsp3) is 0.520. The van der Waals surface area contributed by atoms with E-state index < -0.39 is 5.60 Å². The van der Waals surface area contributed by atoms with E-state index in [1.807, 2.05) is 12.1 Å². The van der Waals surface area contributed by atoms with Gasteiger partial charge in [-0.15, -0.1) is 0 Å². The summed E-state index contributed by atoms with van der Waals surface area (Å²) in [4.78, 5) is 2.54. The molecule has 0 saturated carbocycles. The van der Waals surface area contributed by atoms with Crippen LogP contribution >= 0.6 is 23.2 Å². The summed E-state index contributed by atoms with van der Waals surface area (Å²) < 4.78 is 0. The van der Waals surface area contributed by atoms with Crippen molar-refractivity contribution in [1.82, 2.24) is 4.90 Å². The molecule has 2 aromatic rings. The Hall–Kier alpha value is -1.06. The van der Waals surface area contributed by atoms with Crippen molar-refractivity contribution in [3.05, 3.63) is 68.7 Å². The summed E-state index contributed by atoms with van der Waals surface area (Å²) in [6, 6.07) is 12.8. The first-order valence-corrected chi connectivity index (χ1v) is 11.4. The van der Waals surface area contributed by atoms with Crippen LogP contribution in [0, 0.1) is 5.41 Å². The topological polar surface area (TPSA) is 23.5 Å². The fourth-order valence-corrected chi connectivity index (χ4v) is 6.39. The van der Waals surface area contributed by atoms with E-state index in [1.54, 1.807) is 0 Å². The molecule has 154 valence electrons. The number of piperidine rings is 1. The quantitative estimate of drug-likeness (QED) is 0.632. The lowest BCUT2D eigenvalue weighted by molar-refractivity contribution is -0.100. The molecule has 2 aromatic carbocycles. The SMILES string of the molecule is CC(C)(C)C1(O)CCN(CC23CC(c4ccc(Cl)cc42)c2ccc(Cl)cc23)CC1. The number of rotatable bonds is 2. The number of hydrogen-bond acceptors (Lipinski definition) is 2. The van der Waals surface area contributed by atoms with Crippen LogP contribution in [-0.2, 0) is 5.41 Å². The third-order valence-corrected chi connectivity index (χ3v) is 8.41. The minimum Gasteiger partial charge on any atom is -0.389 e. The summed E-state index contributed by atoms with van der Waals surface area (Å²) in [5.74, 6) is 0.436. The summed E-state index contributed by atoms with van der Waals surface area (Å²) in [5, 5.41) is 12.8. The first-order valence-electron chi connectivity index (χ1n) is 10.7. The molecule has 0 atom stereocenters. The third kappa shape index (κ3) is 2.91. The molecule has 1 aliphatic heterocycles. The predicted molar refractivity (Wildman–Crippen MR) is 120 cm³/mol. The molecule has 2 bridgehead atoms. The average molecular weight is 430 g/mol. The zero-order chi connectivity index (χ0) is 20.6. The maximum atomic E-state index is 11.1. The lowest BCUT2D eigenvalue weighted by Gasteiger charge is -2.48. The lowest BCUT2D eigenvalue weighted by Crippen LogP contribution is -2.53. The Kier molecular flexibility index (Phi) is 4.43. The second-order valence-corrected chi connectivity index (χ2v) is 11.2. The maximum Gasteiger partial charge on any atom is 0.0720 e. The van der Waals surface area contributed by atoms with Crippen molar-refractivity contribution in [2.24, 2.45) is 5.41 Å². The number of benzene rings is 2. The van der Waals surface area contributed by atoms with Crippen LogP contribution in [0.5, 0.6) is 0 Å². The molecule has 2 nitrogen and oxygen atoms in total. The standard InChI is InChI=1S/C25H29Cl2NO/c1-23(2,3)25(29)8-10-28(11-9-25)15-24-14-20(18-6-4-16(26)12-21(18)24)19-7-5-17(27)13-22(19)24/h4-7,12-13,20,29H,8-11,14-15H2,1-3H3. The molecule has 0 amide bonds. The Morgan fingerprint density at radius 1 is 0.966 bits per heavy atom. The maximum absolute atomic E-state index is 11.1. The molecule has 0 spiro atoms. The van der Waals surface area contributed by atoms with Crippen molar-refractivity contribution in [3.63, 3.8) is 0 Å². The van der Waals surface area contributed by atoms with Gasteiger partial charge in [-0.1, -0.05) is 56.1 Å². The van der Waals surface area contributed by atoms with Gasteiger partial charge in [-0.2, -0.15) is 0 Å². The Morgan fingerprint density at radius 3 is 1.97 bits per heavy atom. The highest BCUT2D eigenvalue weighted by Crippen LogP contribution is 2.61. The van der Waals surface area contributed by atoms with Gasteiger partial charge in [0.1, 0.15) is 0 Å². The molecular weight excluding hydrogens is 401 g/mol. The van der Waals surface area contributed by atoms with Gasteiger partial charge in [0, 0.05) is 41.0 Å². The van der Waals surface area contributed by atoms with E-state index in [9.17, 15) is 5.11 Å². The number of fused-ring (bicyclic) bond motifs is 8. The van der Waals surface area contributed by atoms with Crippen molar-refractivity contribution in [3.8, 4) is 0 Å². The lowest BCUT2D eigenvalue weighted by atomic mass is 9.70. The van der Waals surface area contributed by atoms with Crippen LogP contribution in [0.15, 0.2) is 36.4 Å². The molecule has 0 radical (unpaired) electrons. The van der Waals surface area contributed by atoms with Crippen LogP contribution in [-0.4, -0.2) is 35.2 Å². The smallest absolute Gasteiger partial charge is 0.0720 e. The zero-order valence-corrected chi connectivity index (χ0v) is 18.9. The Morgan fingerprint density at radius 2 is 1.48 bits per heavy atom. The monoisotopic (exact) mass is 429 g/mol. The molecule has 1 heterocycles. The van der Waals surface area contributed by atoms with Crippen LogP contribution in [0.4, 0.5) is 0 Å². The van der Waals surface area contributed by atoms with Crippen molar-refractivity contribution in [2.45, 2.75) is 57.0 Å². The fourth-order valence-electron chi connectivity index (χ4n) is 6.04. The van der Waals surface area contributed by atoms with E-state index in [1.165, 1.54) is 22.3 Å². The molecule has 2 aliphatic carbocycles. The zero-order valence-electron chi connectivity index (χ0n) is 17.4. The van der Waals surface area contributed by atoms with Crippen LogP contribution < -0.4 is 0 Å². The van der Waals surface area contributed by atoms with Gasteiger partial charge in [0.25, 0.3) is 0 Å². The molecule has 1 fully saturated rings. The molecule has 3 aliphatic rings. The first-order chi connectivity index (χ1) is 13.6. The van der Waals surface area contributed by atoms with Crippen LogP contribution in [0.2, 0.25) is 10.0 Å². The molecule has 1 saturated heterocycles. The highest BCUT2D eigenvalue weighted by Gasteiger charge is 2.54. The molecule has 0 aromatic heterocycles. The van der Waals surface area contributed by atoms with Crippen molar-refractivity contribution < 1.29 is 5.11 Å². The van der Waals surface area contributed by atoms with Crippen molar-refractivity contribution in [2.75, 3.05) is 19.6 Å². The predicted octanol–water partition coefficient (Wildman–Crippen LogP) is 6.00. The second kappa shape index (κ2) is 6.47. The van der Waals surface area contributed by atoms with E-state index in [-0.39, 0.29) is 10.8 Å². The largest absolute Gasteiger partial charge is 0.389 e.